The minimum absolute atomic E-state index is 0.107. The zero-order valence-electron chi connectivity index (χ0n) is 18.9. The van der Waals surface area contributed by atoms with E-state index < -0.39 is 15.9 Å². The Morgan fingerprint density at radius 2 is 1.65 bits per heavy atom. The molecule has 3 rings (SSSR count). The Bertz CT molecular complexity index is 1270. The van der Waals surface area contributed by atoms with Crippen molar-refractivity contribution in [3.8, 4) is 17.2 Å². The zero-order chi connectivity index (χ0) is 24.7. The number of benzene rings is 3. The molecule has 0 aliphatic carbocycles. The van der Waals surface area contributed by atoms with Gasteiger partial charge in [-0.1, -0.05) is 41.9 Å². The highest BCUT2D eigenvalue weighted by molar-refractivity contribution is 7.89. The SMILES string of the molecule is COc1cc(NC(=O)COc2ccc(S(=O)(=O)NCc3ccccc3)cc2C)c(OC)cc1Cl. The summed E-state index contributed by atoms with van der Waals surface area (Å²) in [6, 6.07) is 16.8. The Labute approximate surface area is 203 Å². The van der Waals surface area contributed by atoms with Crippen LogP contribution >= 0.6 is 11.6 Å². The standard InChI is InChI=1S/C24H25ClN2O6S/c1-16-11-18(34(29,30)26-14-17-7-5-4-6-8-17)9-10-21(16)33-15-24(28)27-20-13-22(31-2)19(25)12-23(20)32-3/h4-13,26H,14-15H2,1-3H3,(H,27,28). The molecule has 0 fully saturated rings. The third-order valence-corrected chi connectivity index (χ3v) is 6.57. The van der Waals surface area contributed by atoms with Crippen molar-refractivity contribution in [3.63, 3.8) is 0 Å². The van der Waals surface area contributed by atoms with Gasteiger partial charge in [-0.15, -0.1) is 0 Å². The minimum Gasteiger partial charge on any atom is -0.495 e. The van der Waals surface area contributed by atoms with Crippen LogP contribution in [0, 0.1) is 6.92 Å². The third-order valence-electron chi connectivity index (χ3n) is 4.87. The van der Waals surface area contributed by atoms with Crippen LogP contribution in [0.25, 0.3) is 0 Å². The molecule has 0 radical (unpaired) electrons. The number of ether oxygens (including phenoxy) is 3. The van der Waals surface area contributed by atoms with Crippen molar-refractivity contribution in [2.45, 2.75) is 18.4 Å². The van der Waals surface area contributed by atoms with Crippen molar-refractivity contribution < 1.29 is 27.4 Å². The largest absolute Gasteiger partial charge is 0.495 e. The highest BCUT2D eigenvalue weighted by atomic mass is 35.5. The number of nitrogens with one attached hydrogen (secondary N) is 2. The van der Waals surface area contributed by atoms with Gasteiger partial charge >= 0.3 is 0 Å². The van der Waals surface area contributed by atoms with Gasteiger partial charge < -0.3 is 19.5 Å². The molecule has 0 aliphatic heterocycles. The molecule has 0 aliphatic rings. The molecule has 0 unspecified atom stereocenters. The maximum Gasteiger partial charge on any atom is 0.262 e. The number of methoxy groups -OCH3 is 2. The number of hydrogen-bond donors (Lipinski definition) is 2. The molecule has 0 saturated heterocycles. The fraction of sp³-hybridized carbons (Fsp3) is 0.208. The summed E-state index contributed by atoms with van der Waals surface area (Å²) < 4.78 is 43.8. The summed E-state index contributed by atoms with van der Waals surface area (Å²) in [6.07, 6.45) is 0. The topological polar surface area (TPSA) is 103 Å². The summed E-state index contributed by atoms with van der Waals surface area (Å²) in [5.41, 5.74) is 1.80. The third kappa shape index (κ3) is 6.40. The van der Waals surface area contributed by atoms with Crippen molar-refractivity contribution in [3.05, 3.63) is 76.8 Å². The van der Waals surface area contributed by atoms with Crippen molar-refractivity contribution in [2.75, 3.05) is 26.1 Å². The Kier molecular flexibility index (Phi) is 8.38. The number of amides is 1. The number of aryl methyl sites for hydroxylation is 1. The lowest BCUT2D eigenvalue weighted by Crippen LogP contribution is -2.23. The number of hydrogen-bond acceptors (Lipinski definition) is 6. The van der Waals surface area contributed by atoms with Gasteiger partial charge in [0.2, 0.25) is 10.0 Å². The lowest BCUT2D eigenvalue weighted by molar-refractivity contribution is -0.118. The second kappa shape index (κ2) is 11.2. The van der Waals surface area contributed by atoms with Crippen LogP contribution in [0.1, 0.15) is 11.1 Å². The van der Waals surface area contributed by atoms with Crippen LogP contribution in [0.4, 0.5) is 5.69 Å². The Balaban J connectivity index is 1.63. The zero-order valence-corrected chi connectivity index (χ0v) is 20.5. The maximum atomic E-state index is 12.6. The average Bonchev–Trinajstić information content (AvgIpc) is 2.83. The van der Waals surface area contributed by atoms with Gasteiger partial charge in [-0.3, -0.25) is 4.79 Å². The number of carbonyl (C=O) groups excluding carboxylic acids is 1. The van der Waals surface area contributed by atoms with Crippen LogP contribution in [0.2, 0.25) is 5.02 Å². The van der Waals surface area contributed by atoms with E-state index >= 15 is 0 Å². The monoisotopic (exact) mass is 504 g/mol. The molecule has 1 amide bonds. The Morgan fingerprint density at radius 3 is 2.29 bits per heavy atom. The first-order valence-corrected chi connectivity index (χ1v) is 12.1. The first kappa shape index (κ1) is 25.4. The molecule has 0 spiro atoms. The number of carbonyl (C=O) groups is 1. The molecule has 0 bridgehead atoms. The fourth-order valence-electron chi connectivity index (χ4n) is 3.10. The number of halogens is 1. The minimum atomic E-state index is -3.71. The van der Waals surface area contributed by atoms with E-state index in [9.17, 15) is 13.2 Å². The summed E-state index contributed by atoms with van der Waals surface area (Å²) in [5.74, 6) is 0.696. The van der Waals surface area contributed by atoms with Crippen LogP contribution in [0.3, 0.4) is 0 Å². The van der Waals surface area contributed by atoms with Gasteiger partial charge in [0.1, 0.15) is 17.2 Å². The van der Waals surface area contributed by atoms with Crippen molar-refractivity contribution in [1.82, 2.24) is 4.72 Å². The van der Waals surface area contributed by atoms with Crippen LogP contribution < -0.4 is 24.2 Å². The number of anilines is 1. The van der Waals surface area contributed by atoms with Crippen LogP contribution in [-0.4, -0.2) is 35.2 Å². The van der Waals surface area contributed by atoms with Gasteiger partial charge in [0.05, 0.1) is 29.8 Å². The molecule has 34 heavy (non-hydrogen) atoms. The predicted octanol–water partition coefficient (Wildman–Crippen LogP) is 4.16. The van der Waals surface area contributed by atoms with E-state index in [1.54, 1.807) is 13.0 Å². The highest BCUT2D eigenvalue weighted by Gasteiger charge is 2.17. The summed E-state index contributed by atoms with van der Waals surface area (Å²) in [7, 11) is -0.788. The average molecular weight is 505 g/mol. The molecule has 2 N–H and O–H groups in total. The molecule has 0 atom stereocenters. The number of sulfonamides is 1. The second-order valence-corrected chi connectivity index (χ2v) is 9.44. The van der Waals surface area contributed by atoms with Crippen molar-refractivity contribution in [1.29, 1.82) is 0 Å². The molecular formula is C24H25ClN2O6S. The van der Waals surface area contributed by atoms with E-state index in [-0.39, 0.29) is 18.0 Å². The molecule has 3 aromatic rings. The number of rotatable bonds is 10. The van der Waals surface area contributed by atoms with E-state index in [2.05, 4.69) is 10.0 Å². The van der Waals surface area contributed by atoms with E-state index in [4.69, 9.17) is 25.8 Å². The first-order valence-electron chi connectivity index (χ1n) is 10.2. The molecule has 8 nitrogen and oxygen atoms in total. The quantitative estimate of drug-likeness (QED) is 0.429. The lowest BCUT2D eigenvalue weighted by atomic mass is 10.2. The van der Waals surface area contributed by atoms with E-state index in [1.165, 1.54) is 38.5 Å². The fourth-order valence-corrected chi connectivity index (χ4v) is 4.43. The summed E-state index contributed by atoms with van der Waals surface area (Å²) >= 11 is 6.08. The van der Waals surface area contributed by atoms with Gasteiger partial charge in [-0.2, -0.15) is 0 Å². The summed E-state index contributed by atoms with van der Waals surface area (Å²) in [6.45, 7) is 1.59. The smallest absolute Gasteiger partial charge is 0.262 e. The summed E-state index contributed by atoms with van der Waals surface area (Å²) in [4.78, 5) is 12.5. The first-order chi connectivity index (χ1) is 16.2. The molecule has 0 heterocycles. The van der Waals surface area contributed by atoms with Gasteiger partial charge in [0, 0.05) is 18.7 Å². The van der Waals surface area contributed by atoms with Gasteiger partial charge in [0.25, 0.3) is 5.91 Å². The van der Waals surface area contributed by atoms with Crippen molar-refractivity contribution >= 4 is 33.2 Å². The molecule has 0 saturated carbocycles. The van der Waals surface area contributed by atoms with Crippen molar-refractivity contribution in [2.24, 2.45) is 0 Å². The van der Waals surface area contributed by atoms with Gasteiger partial charge in [0.15, 0.2) is 6.61 Å². The van der Waals surface area contributed by atoms with Crippen LogP contribution in [0.15, 0.2) is 65.6 Å². The van der Waals surface area contributed by atoms with E-state index in [0.29, 0.717) is 33.5 Å². The Morgan fingerprint density at radius 1 is 0.941 bits per heavy atom. The predicted molar refractivity (Wildman–Crippen MR) is 130 cm³/mol. The molecule has 180 valence electrons. The second-order valence-electron chi connectivity index (χ2n) is 7.26. The molecule has 10 heteroatoms. The molecule has 0 aromatic heterocycles. The van der Waals surface area contributed by atoms with Gasteiger partial charge in [-0.25, -0.2) is 13.1 Å². The normalized spacial score (nSPS) is 11.1. The van der Waals surface area contributed by atoms with E-state index in [0.717, 1.165) is 5.56 Å². The van der Waals surface area contributed by atoms with Crippen LogP contribution in [0.5, 0.6) is 17.2 Å². The highest BCUT2D eigenvalue weighted by Crippen LogP contribution is 2.35. The van der Waals surface area contributed by atoms with Gasteiger partial charge in [-0.05, 0) is 36.2 Å². The summed E-state index contributed by atoms with van der Waals surface area (Å²) in [5, 5.41) is 3.03. The Hall–Kier alpha value is -3.27. The van der Waals surface area contributed by atoms with Crippen LogP contribution in [-0.2, 0) is 21.4 Å². The van der Waals surface area contributed by atoms with E-state index in [1.807, 2.05) is 30.3 Å². The molecule has 3 aromatic carbocycles. The maximum absolute atomic E-state index is 12.6. The lowest BCUT2D eigenvalue weighted by Gasteiger charge is -2.14. The molecular weight excluding hydrogens is 480 g/mol.